The first kappa shape index (κ1) is 13.8. The number of benzene rings is 1. The van der Waals surface area contributed by atoms with Crippen molar-refractivity contribution in [1.29, 1.82) is 0 Å². The zero-order valence-corrected chi connectivity index (χ0v) is 11.5. The first-order valence-corrected chi connectivity index (χ1v) is 6.64. The Balaban J connectivity index is 2.06. The molecule has 2 aromatic rings. The zero-order valence-electron chi connectivity index (χ0n) is 11.5. The van der Waals surface area contributed by atoms with Crippen LogP contribution in [0.2, 0.25) is 0 Å². The van der Waals surface area contributed by atoms with E-state index >= 15 is 0 Å². The van der Waals surface area contributed by atoms with Gasteiger partial charge in [-0.15, -0.1) is 0 Å². The molecule has 4 nitrogen and oxygen atoms in total. The second kappa shape index (κ2) is 6.50. The summed E-state index contributed by atoms with van der Waals surface area (Å²) in [4.78, 5) is 2.25. The van der Waals surface area contributed by atoms with Crippen LogP contribution in [-0.2, 0) is 6.54 Å². The topological polar surface area (TPSA) is 41.3 Å². The molecule has 0 spiro atoms. The van der Waals surface area contributed by atoms with Crippen LogP contribution in [0.4, 0.5) is 0 Å². The summed E-state index contributed by atoms with van der Waals surface area (Å²) in [6.45, 7) is 6.06. The van der Waals surface area contributed by atoms with Gasteiger partial charge in [-0.1, -0.05) is 12.1 Å². The summed E-state index contributed by atoms with van der Waals surface area (Å²) in [5.41, 5.74) is 2.31. The maximum Gasteiger partial charge on any atom is 0.0645 e. The van der Waals surface area contributed by atoms with Crippen molar-refractivity contribution < 1.29 is 5.11 Å². The highest BCUT2D eigenvalue weighted by molar-refractivity contribution is 5.33. The van der Waals surface area contributed by atoms with Gasteiger partial charge in [-0.05, 0) is 37.6 Å². The Morgan fingerprint density at radius 1 is 1.26 bits per heavy atom. The summed E-state index contributed by atoms with van der Waals surface area (Å²) in [7, 11) is 0. The van der Waals surface area contributed by atoms with Crippen LogP contribution in [0, 0.1) is 0 Å². The van der Waals surface area contributed by atoms with Gasteiger partial charge in [0.05, 0.1) is 12.3 Å². The molecule has 0 saturated heterocycles. The molecule has 0 aliphatic carbocycles. The molecule has 1 heterocycles. The molecule has 0 saturated carbocycles. The average Bonchev–Trinajstić information content (AvgIpc) is 2.93. The van der Waals surface area contributed by atoms with Crippen molar-refractivity contribution in [3.8, 4) is 5.69 Å². The van der Waals surface area contributed by atoms with Gasteiger partial charge in [-0.25, -0.2) is 4.68 Å². The monoisotopic (exact) mass is 259 g/mol. The fraction of sp³-hybridized carbons (Fsp3) is 0.400. The maximum absolute atomic E-state index is 9.08. The predicted molar refractivity (Wildman–Crippen MR) is 76.2 cm³/mol. The summed E-state index contributed by atoms with van der Waals surface area (Å²) >= 11 is 0. The van der Waals surface area contributed by atoms with Crippen molar-refractivity contribution in [2.24, 2.45) is 0 Å². The third-order valence-electron chi connectivity index (χ3n) is 3.21. The highest BCUT2D eigenvalue weighted by Gasteiger charge is 2.09. The van der Waals surface area contributed by atoms with Crippen molar-refractivity contribution in [2.45, 2.75) is 26.4 Å². The van der Waals surface area contributed by atoms with E-state index in [0.29, 0.717) is 12.6 Å². The summed E-state index contributed by atoms with van der Waals surface area (Å²) in [6, 6.07) is 10.7. The molecule has 0 aliphatic rings. The third-order valence-corrected chi connectivity index (χ3v) is 3.21. The van der Waals surface area contributed by atoms with Crippen LogP contribution in [0.5, 0.6) is 0 Å². The SMILES string of the molecule is CC(C)N(CCO)Cc1ccc(-n2cccn2)cc1. The Hall–Kier alpha value is -1.65. The summed E-state index contributed by atoms with van der Waals surface area (Å²) in [5, 5.41) is 13.3. The number of rotatable bonds is 6. The minimum absolute atomic E-state index is 0.198. The van der Waals surface area contributed by atoms with E-state index in [2.05, 4.69) is 48.1 Å². The summed E-state index contributed by atoms with van der Waals surface area (Å²) < 4.78 is 1.84. The Kier molecular flexibility index (Phi) is 4.71. The van der Waals surface area contributed by atoms with Crippen molar-refractivity contribution in [1.82, 2.24) is 14.7 Å². The van der Waals surface area contributed by atoms with E-state index in [9.17, 15) is 0 Å². The third kappa shape index (κ3) is 3.66. The van der Waals surface area contributed by atoms with Crippen LogP contribution >= 0.6 is 0 Å². The van der Waals surface area contributed by atoms with Gasteiger partial charge in [0.25, 0.3) is 0 Å². The molecule has 102 valence electrons. The van der Waals surface area contributed by atoms with Crippen molar-refractivity contribution >= 4 is 0 Å². The van der Waals surface area contributed by atoms with Gasteiger partial charge >= 0.3 is 0 Å². The number of hydrogen-bond acceptors (Lipinski definition) is 3. The lowest BCUT2D eigenvalue weighted by Crippen LogP contribution is -2.32. The van der Waals surface area contributed by atoms with Crippen molar-refractivity contribution in [3.05, 3.63) is 48.3 Å². The van der Waals surface area contributed by atoms with E-state index in [-0.39, 0.29) is 6.61 Å². The molecule has 0 amide bonds. The molecule has 4 heteroatoms. The number of aromatic nitrogens is 2. The standard InChI is InChI=1S/C15H21N3O/c1-13(2)17(10-11-19)12-14-4-6-15(7-5-14)18-9-3-8-16-18/h3-9,13,19H,10-12H2,1-2H3. The van der Waals surface area contributed by atoms with Crippen LogP contribution in [0.15, 0.2) is 42.7 Å². The molecule has 0 radical (unpaired) electrons. The minimum Gasteiger partial charge on any atom is -0.395 e. The van der Waals surface area contributed by atoms with Crippen LogP contribution < -0.4 is 0 Å². The Bertz CT molecular complexity index is 477. The minimum atomic E-state index is 0.198. The van der Waals surface area contributed by atoms with Crippen LogP contribution in [0.25, 0.3) is 5.69 Å². The molecule has 1 aromatic carbocycles. The van der Waals surface area contributed by atoms with Crippen LogP contribution in [-0.4, -0.2) is 39.0 Å². The van der Waals surface area contributed by atoms with Crippen molar-refractivity contribution in [3.63, 3.8) is 0 Å². The fourth-order valence-corrected chi connectivity index (χ4v) is 2.06. The Morgan fingerprint density at radius 3 is 2.53 bits per heavy atom. The highest BCUT2D eigenvalue weighted by Crippen LogP contribution is 2.12. The number of nitrogens with zero attached hydrogens (tertiary/aromatic N) is 3. The first-order chi connectivity index (χ1) is 9.20. The molecular formula is C15H21N3O. The quantitative estimate of drug-likeness (QED) is 0.863. The van der Waals surface area contributed by atoms with Gasteiger partial charge < -0.3 is 5.11 Å². The van der Waals surface area contributed by atoms with Crippen LogP contribution in [0.3, 0.4) is 0 Å². The highest BCUT2D eigenvalue weighted by atomic mass is 16.3. The molecule has 1 N–H and O–H groups in total. The van der Waals surface area contributed by atoms with Gasteiger partial charge in [-0.3, -0.25) is 4.90 Å². The van der Waals surface area contributed by atoms with Gasteiger partial charge in [0.1, 0.15) is 0 Å². The van der Waals surface area contributed by atoms with E-state index in [0.717, 1.165) is 12.2 Å². The summed E-state index contributed by atoms with van der Waals surface area (Å²) in [6.07, 6.45) is 3.71. The molecule has 0 fully saturated rings. The molecule has 0 unspecified atom stereocenters. The normalized spacial score (nSPS) is 11.4. The molecule has 19 heavy (non-hydrogen) atoms. The lowest BCUT2D eigenvalue weighted by Gasteiger charge is -2.25. The van der Waals surface area contributed by atoms with E-state index in [1.165, 1.54) is 5.56 Å². The van der Waals surface area contributed by atoms with Crippen molar-refractivity contribution in [2.75, 3.05) is 13.2 Å². The maximum atomic E-state index is 9.08. The molecule has 0 bridgehead atoms. The Morgan fingerprint density at radius 2 is 2.00 bits per heavy atom. The van der Waals surface area contributed by atoms with Gasteiger partial charge in [0, 0.05) is 31.5 Å². The van der Waals surface area contributed by atoms with Gasteiger partial charge in [0.2, 0.25) is 0 Å². The average molecular weight is 259 g/mol. The molecule has 0 aliphatic heterocycles. The second-order valence-electron chi connectivity index (χ2n) is 4.90. The smallest absolute Gasteiger partial charge is 0.0645 e. The fourth-order valence-electron chi connectivity index (χ4n) is 2.06. The van der Waals surface area contributed by atoms with Gasteiger partial charge in [0.15, 0.2) is 0 Å². The number of hydrogen-bond donors (Lipinski definition) is 1. The lowest BCUT2D eigenvalue weighted by atomic mass is 10.1. The lowest BCUT2D eigenvalue weighted by molar-refractivity contribution is 0.159. The predicted octanol–water partition coefficient (Wildman–Crippen LogP) is 2.08. The number of aliphatic hydroxyl groups is 1. The van der Waals surface area contributed by atoms with E-state index < -0.39 is 0 Å². The van der Waals surface area contributed by atoms with Crippen LogP contribution in [0.1, 0.15) is 19.4 Å². The largest absolute Gasteiger partial charge is 0.395 e. The second-order valence-corrected chi connectivity index (χ2v) is 4.90. The first-order valence-electron chi connectivity index (χ1n) is 6.64. The van der Waals surface area contributed by atoms with E-state index in [1.807, 2.05) is 16.9 Å². The summed E-state index contributed by atoms with van der Waals surface area (Å²) in [5.74, 6) is 0. The van der Waals surface area contributed by atoms with E-state index in [1.54, 1.807) is 6.20 Å². The zero-order chi connectivity index (χ0) is 13.7. The number of aliphatic hydroxyl groups excluding tert-OH is 1. The molecular weight excluding hydrogens is 238 g/mol. The molecule has 2 rings (SSSR count). The molecule has 0 atom stereocenters. The van der Waals surface area contributed by atoms with Gasteiger partial charge in [-0.2, -0.15) is 5.10 Å². The molecule has 1 aromatic heterocycles. The Labute approximate surface area is 114 Å². The van der Waals surface area contributed by atoms with E-state index in [4.69, 9.17) is 5.11 Å².